The standard InChI is InChI=1S/C24H32N2/c1-16(23-8-17-2-18(9-23)5-21(4-17,12-23)14-25)24-10-19-3-20(11-24)7-22(6-19,13-24)15-26/h16-20H,2-13H2,1H3. The maximum atomic E-state index is 10.0. The second-order valence-electron chi connectivity index (χ2n) is 12.2. The van der Waals surface area contributed by atoms with Gasteiger partial charge >= 0.3 is 0 Å². The molecule has 0 N–H and O–H groups in total. The summed E-state index contributed by atoms with van der Waals surface area (Å²) in [5, 5.41) is 20.1. The first-order chi connectivity index (χ1) is 12.4. The van der Waals surface area contributed by atoms with Crippen molar-refractivity contribution in [2.24, 2.45) is 51.2 Å². The second-order valence-corrected chi connectivity index (χ2v) is 12.2. The van der Waals surface area contributed by atoms with Crippen molar-refractivity contribution >= 4 is 0 Å². The van der Waals surface area contributed by atoms with Crippen LogP contribution in [0.2, 0.25) is 0 Å². The van der Waals surface area contributed by atoms with Crippen LogP contribution in [0.1, 0.15) is 84.0 Å². The van der Waals surface area contributed by atoms with Crippen molar-refractivity contribution in [3.05, 3.63) is 0 Å². The molecule has 8 aliphatic carbocycles. The van der Waals surface area contributed by atoms with E-state index in [1.54, 1.807) is 0 Å². The molecule has 4 unspecified atom stereocenters. The molecule has 8 rings (SSSR count). The van der Waals surface area contributed by atoms with Crippen molar-refractivity contribution in [1.82, 2.24) is 0 Å². The molecule has 0 heterocycles. The van der Waals surface area contributed by atoms with Crippen LogP contribution in [0.4, 0.5) is 0 Å². The lowest BCUT2D eigenvalue weighted by Gasteiger charge is -2.69. The molecule has 4 atom stereocenters. The van der Waals surface area contributed by atoms with Gasteiger partial charge in [0.2, 0.25) is 0 Å². The average Bonchev–Trinajstić information content (AvgIpc) is 2.59. The summed E-state index contributed by atoms with van der Waals surface area (Å²) < 4.78 is 0. The topological polar surface area (TPSA) is 47.6 Å². The van der Waals surface area contributed by atoms with Crippen molar-refractivity contribution in [3.8, 4) is 12.1 Å². The lowest BCUT2D eigenvalue weighted by molar-refractivity contribution is -0.187. The largest absolute Gasteiger partial charge is 0.198 e. The van der Waals surface area contributed by atoms with E-state index < -0.39 is 0 Å². The molecule has 0 saturated heterocycles. The highest BCUT2D eigenvalue weighted by Gasteiger charge is 2.66. The van der Waals surface area contributed by atoms with Gasteiger partial charge in [-0.3, -0.25) is 0 Å². The van der Waals surface area contributed by atoms with E-state index in [1.807, 2.05) is 0 Å². The van der Waals surface area contributed by atoms with Gasteiger partial charge in [-0.15, -0.1) is 0 Å². The van der Waals surface area contributed by atoms with Gasteiger partial charge in [-0.25, -0.2) is 0 Å². The summed E-state index contributed by atoms with van der Waals surface area (Å²) in [5.41, 5.74) is 0.853. The third kappa shape index (κ3) is 1.87. The molecule has 0 aromatic rings. The Morgan fingerprint density at radius 1 is 0.654 bits per heavy atom. The summed E-state index contributed by atoms with van der Waals surface area (Å²) >= 11 is 0. The minimum atomic E-state index is 0.00749. The Hall–Kier alpha value is -1.02. The van der Waals surface area contributed by atoms with Crippen molar-refractivity contribution in [1.29, 1.82) is 10.5 Å². The summed E-state index contributed by atoms with van der Waals surface area (Å²) in [6, 6.07) is 5.66. The molecule has 0 radical (unpaired) electrons. The third-order valence-electron chi connectivity index (χ3n) is 10.5. The second kappa shape index (κ2) is 4.69. The fourth-order valence-corrected chi connectivity index (χ4v) is 10.6. The van der Waals surface area contributed by atoms with Gasteiger partial charge in [0, 0.05) is 0 Å². The molecule has 0 aliphatic heterocycles. The van der Waals surface area contributed by atoms with Gasteiger partial charge in [0.05, 0.1) is 23.0 Å². The van der Waals surface area contributed by atoms with E-state index in [9.17, 15) is 10.5 Å². The monoisotopic (exact) mass is 348 g/mol. The maximum Gasteiger partial charge on any atom is 0.0690 e. The van der Waals surface area contributed by atoms with E-state index in [2.05, 4.69) is 19.1 Å². The lowest BCUT2D eigenvalue weighted by Crippen LogP contribution is -2.61. The number of nitrogens with zero attached hydrogens (tertiary/aromatic N) is 2. The SMILES string of the molecule is CC(C12CC3CC(CC(C#N)(C3)C1)C2)C12CC3CC(CC(C#N)(C3)C1)C2. The zero-order valence-electron chi connectivity index (χ0n) is 16.3. The van der Waals surface area contributed by atoms with Crippen LogP contribution in [0.5, 0.6) is 0 Å². The first-order valence-electron chi connectivity index (χ1n) is 11.2. The highest BCUT2D eigenvalue weighted by atomic mass is 14.7. The highest BCUT2D eigenvalue weighted by Crippen LogP contribution is 2.74. The van der Waals surface area contributed by atoms with E-state index >= 15 is 0 Å². The van der Waals surface area contributed by atoms with Gasteiger partial charge in [0.1, 0.15) is 0 Å². The normalized spacial score (nSPS) is 59.8. The number of nitriles is 2. The highest BCUT2D eigenvalue weighted by molar-refractivity contribution is 5.21. The van der Waals surface area contributed by atoms with Gasteiger partial charge < -0.3 is 0 Å². The fourth-order valence-electron chi connectivity index (χ4n) is 10.6. The molecule has 8 fully saturated rings. The van der Waals surface area contributed by atoms with E-state index in [4.69, 9.17) is 0 Å². The first kappa shape index (κ1) is 16.0. The van der Waals surface area contributed by atoms with Crippen LogP contribution in [0, 0.1) is 73.9 Å². The van der Waals surface area contributed by atoms with Gasteiger partial charge in [0.15, 0.2) is 0 Å². The molecule has 8 bridgehead atoms. The Kier molecular flexibility index (Phi) is 2.88. The Balaban J connectivity index is 1.39. The first-order valence-corrected chi connectivity index (χ1v) is 11.2. The summed E-state index contributed by atoms with van der Waals surface area (Å²) in [6.07, 6.45) is 15.5. The summed E-state index contributed by atoms with van der Waals surface area (Å²) in [7, 11) is 0. The average molecular weight is 349 g/mol. The van der Waals surface area contributed by atoms with E-state index in [-0.39, 0.29) is 10.8 Å². The van der Waals surface area contributed by atoms with Gasteiger partial charge in [-0.05, 0) is 117 Å². The van der Waals surface area contributed by atoms with Crippen LogP contribution in [0.15, 0.2) is 0 Å². The molecular weight excluding hydrogens is 316 g/mol. The third-order valence-corrected chi connectivity index (χ3v) is 10.5. The minimum absolute atomic E-state index is 0.00749. The molecule has 0 aromatic carbocycles. The maximum absolute atomic E-state index is 10.0. The van der Waals surface area contributed by atoms with Crippen molar-refractivity contribution in [2.45, 2.75) is 84.0 Å². The predicted octanol–water partition coefficient (Wildman–Crippen LogP) is 5.84. The van der Waals surface area contributed by atoms with Crippen LogP contribution >= 0.6 is 0 Å². The molecule has 2 nitrogen and oxygen atoms in total. The zero-order chi connectivity index (χ0) is 17.8. The van der Waals surface area contributed by atoms with Gasteiger partial charge in [-0.2, -0.15) is 10.5 Å². The van der Waals surface area contributed by atoms with Crippen LogP contribution in [0.25, 0.3) is 0 Å². The smallest absolute Gasteiger partial charge is 0.0690 e. The Morgan fingerprint density at radius 3 is 1.31 bits per heavy atom. The molecule has 138 valence electrons. The molecule has 26 heavy (non-hydrogen) atoms. The summed E-state index contributed by atoms with van der Waals surface area (Å²) in [6.45, 7) is 2.58. The van der Waals surface area contributed by atoms with E-state index in [1.165, 1.54) is 77.0 Å². The Morgan fingerprint density at radius 2 is 1.00 bits per heavy atom. The van der Waals surface area contributed by atoms with Gasteiger partial charge in [0.25, 0.3) is 0 Å². The zero-order valence-corrected chi connectivity index (χ0v) is 16.3. The number of hydrogen-bond acceptors (Lipinski definition) is 2. The van der Waals surface area contributed by atoms with Crippen LogP contribution in [0.3, 0.4) is 0 Å². The predicted molar refractivity (Wildman–Crippen MR) is 99.5 cm³/mol. The number of rotatable bonds is 2. The van der Waals surface area contributed by atoms with Crippen LogP contribution in [-0.4, -0.2) is 0 Å². The molecular formula is C24H32N2. The summed E-state index contributed by atoms with van der Waals surface area (Å²) in [5.74, 6) is 3.98. The van der Waals surface area contributed by atoms with Crippen LogP contribution < -0.4 is 0 Å². The van der Waals surface area contributed by atoms with E-state index in [0.717, 1.165) is 23.7 Å². The number of hydrogen-bond donors (Lipinski definition) is 0. The van der Waals surface area contributed by atoms with Crippen molar-refractivity contribution in [3.63, 3.8) is 0 Å². The van der Waals surface area contributed by atoms with Crippen molar-refractivity contribution < 1.29 is 0 Å². The molecule has 0 amide bonds. The Labute approximate surface area is 158 Å². The lowest BCUT2D eigenvalue weighted by atomic mass is 9.35. The molecule has 0 aromatic heterocycles. The summed E-state index contributed by atoms with van der Waals surface area (Å²) in [4.78, 5) is 0. The molecule has 8 aliphatic rings. The van der Waals surface area contributed by atoms with Crippen molar-refractivity contribution in [2.75, 3.05) is 0 Å². The van der Waals surface area contributed by atoms with E-state index in [0.29, 0.717) is 16.7 Å². The van der Waals surface area contributed by atoms with Gasteiger partial charge in [-0.1, -0.05) is 6.92 Å². The van der Waals surface area contributed by atoms with Crippen LogP contribution in [-0.2, 0) is 0 Å². The minimum Gasteiger partial charge on any atom is -0.198 e. The fraction of sp³-hybridized carbons (Fsp3) is 0.917. The Bertz CT molecular complexity index is 646. The molecule has 0 spiro atoms. The quantitative estimate of drug-likeness (QED) is 0.629. The molecule has 2 heteroatoms. The molecule has 8 saturated carbocycles.